The molecule has 0 aromatic carbocycles. The number of carbonyl (C=O) groups excluding carboxylic acids is 2. The quantitative estimate of drug-likeness (QED) is 0.550. The first-order valence-electron chi connectivity index (χ1n) is 4.57. The number of rotatable bonds is 7. The van der Waals surface area contributed by atoms with Gasteiger partial charge < -0.3 is 16.4 Å². The van der Waals surface area contributed by atoms with E-state index in [1.54, 1.807) is 12.2 Å². The van der Waals surface area contributed by atoms with Crippen molar-refractivity contribution < 1.29 is 9.59 Å². The summed E-state index contributed by atoms with van der Waals surface area (Å²) in [6, 6.07) is -0.887. The van der Waals surface area contributed by atoms with E-state index >= 15 is 0 Å². The Bertz CT molecular complexity index is 253. The van der Waals surface area contributed by atoms with Crippen LogP contribution in [0.15, 0.2) is 25.3 Å². The zero-order valence-electron chi connectivity index (χ0n) is 8.69. The predicted molar refractivity (Wildman–Crippen MR) is 58.8 cm³/mol. The van der Waals surface area contributed by atoms with Gasteiger partial charge in [-0.25, -0.2) is 0 Å². The standard InChI is InChI=1S/C10H17N3O2/c1-3-5-13(6-4-2)10(15)8(11)7-9(12)14/h3-4,8H,1-2,5-7,11H2,(H2,12,14). The minimum Gasteiger partial charge on any atom is -0.370 e. The van der Waals surface area contributed by atoms with Crippen molar-refractivity contribution in [2.45, 2.75) is 12.5 Å². The Morgan fingerprint density at radius 2 is 1.73 bits per heavy atom. The minimum absolute atomic E-state index is 0.149. The van der Waals surface area contributed by atoms with E-state index in [0.29, 0.717) is 13.1 Å². The Hall–Kier alpha value is -1.62. The molecule has 0 rings (SSSR count). The summed E-state index contributed by atoms with van der Waals surface area (Å²) < 4.78 is 0. The second-order valence-electron chi connectivity index (χ2n) is 3.10. The summed E-state index contributed by atoms with van der Waals surface area (Å²) in [7, 11) is 0. The summed E-state index contributed by atoms with van der Waals surface area (Å²) in [5.41, 5.74) is 10.5. The van der Waals surface area contributed by atoms with Crippen LogP contribution in [0.3, 0.4) is 0 Å². The summed E-state index contributed by atoms with van der Waals surface area (Å²) in [6.07, 6.45) is 3.01. The molecule has 0 bridgehead atoms. The number of primary amides is 1. The Morgan fingerprint density at radius 3 is 2.07 bits per heavy atom. The Balaban J connectivity index is 4.39. The van der Waals surface area contributed by atoms with Crippen molar-refractivity contribution in [2.24, 2.45) is 11.5 Å². The largest absolute Gasteiger partial charge is 0.370 e. The van der Waals surface area contributed by atoms with E-state index in [1.165, 1.54) is 4.90 Å². The van der Waals surface area contributed by atoms with Gasteiger partial charge in [0.05, 0.1) is 12.5 Å². The average Bonchev–Trinajstić information content (AvgIpc) is 2.15. The normalized spacial score (nSPS) is 11.5. The van der Waals surface area contributed by atoms with Crippen LogP contribution in [0.5, 0.6) is 0 Å². The molecule has 1 unspecified atom stereocenters. The van der Waals surface area contributed by atoms with Crippen LogP contribution in [0.4, 0.5) is 0 Å². The lowest BCUT2D eigenvalue weighted by Gasteiger charge is -2.22. The van der Waals surface area contributed by atoms with Crippen molar-refractivity contribution in [1.29, 1.82) is 0 Å². The fourth-order valence-electron chi connectivity index (χ4n) is 1.10. The number of amides is 2. The molecule has 0 saturated heterocycles. The van der Waals surface area contributed by atoms with Crippen molar-refractivity contribution in [2.75, 3.05) is 13.1 Å². The van der Waals surface area contributed by atoms with Gasteiger partial charge in [-0.2, -0.15) is 0 Å². The van der Waals surface area contributed by atoms with E-state index in [9.17, 15) is 9.59 Å². The van der Waals surface area contributed by atoms with Gasteiger partial charge in [-0.15, -0.1) is 13.2 Å². The molecule has 1 atom stereocenters. The van der Waals surface area contributed by atoms with Gasteiger partial charge >= 0.3 is 0 Å². The van der Waals surface area contributed by atoms with Crippen LogP contribution in [-0.2, 0) is 9.59 Å². The van der Waals surface area contributed by atoms with Crippen LogP contribution in [0.2, 0.25) is 0 Å². The summed E-state index contributed by atoms with van der Waals surface area (Å²) in [5, 5.41) is 0. The van der Waals surface area contributed by atoms with Crippen molar-refractivity contribution in [3.8, 4) is 0 Å². The molecule has 0 aliphatic heterocycles. The third-order valence-corrected chi connectivity index (χ3v) is 1.75. The third-order valence-electron chi connectivity index (χ3n) is 1.75. The zero-order valence-corrected chi connectivity index (χ0v) is 8.69. The van der Waals surface area contributed by atoms with Gasteiger partial charge in [-0.1, -0.05) is 12.2 Å². The number of hydrogen-bond acceptors (Lipinski definition) is 3. The Kier molecular flexibility index (Phi) is 6.05. The maximum Gasteiger partial charge on any atom is 0.240 e. The monoisotopic (exact) mass is 211 g/mol. The van der Waals surface area contributed by atoms with Crippen LogP contribution in [-0.4, -0.2) is 35.8 Å². The molecule has 4 N–H and O–H groups in total. The van der Waals surface area contributed by atoms with Crippen molar-refractivity contribution in [3.63, 3.8) is 0 Å². The van der Waals surface area contributed by atoms with E-state index in [-0.39, 0.29) is 12.3 Å². The fraction of sp³-hybridized carbons (Fsp3) is 0.400. The van der Waals surface area contributed by atoms with E-state index < -0.39 is 11.9 Å². The smallest absolute Gasteiger partial charge is 0.240 e. The van der Waals surface area contributed by atoms with Gasteiger partial charge in [-0.3, -0.25) is 9.59 Å². The van der Waals surface area contributed by atoms with E-state index in [0.717, 1.165) is 0 Å². The average molecular weight is 211 g/mol. The number of hydrogen-bond donors (Lipinski definition) is 2. The molecule has 15 heavy (non-hydrogen) atoms. The molecule has 0 spiro atoms. The van der Waals surface area contributed by atoms with Crippen molar-refractivity contribution >= 4 is 11.8 Å². The first-order valence-corrected chi connectivity index (χ1v) is 4.57. The van der Waals surface area contributed by atoms with Gasteiger partial charge in [0.1, 0.15) is 0 Å². The number of carbonyl (C=O) groups is 2. The summed E-state index contributed by atoms with van der Waals surface area (Å²) >= 11 is 0. The molecule has 5 heteroatoms. The lowest BCUT2D eigenvalue weighted by atomic mass is 10.2. The van der Waals surface area contributed by atoms with E-state index in [1.807, 2.05) is 0 Å². The molecule has 0 saturated carbocycles. The lowest BCUT2D eigenvalue weighted by Crippen LogP contribution is -2.45. The molecule has 84 valence electrons. The van der Waals surface area contributed by atoms with Crippen LogP contribution in [0.1, 0.15) is 6.42 Å². The van der Waals surface area contributed by atoms with Gasteiger partial charge in [0.2, 0.25) is 11.8 Å². The highest BCUT2D eigenvalue weighted by Crippen LogP contribution is 1.98. The van der Waals surface area contributed by atoms with Crippen LogP contribution in [0, 0.1) is 0 Å². The van der Waals surface area contributed by atoms with Gasteiger partial charge in [0.25, 0.3) is 0 Å². The van der Waals surface area contributed by atoms with Crippen LogP contribution < -0.4 is 11.5 Å². The third kappa shape index (κ3) is 4.97. The topological polar surface area (TPSA) is 89.4 Å². The summed E-state index contributed by atoms with van der Waals surface area (Å²) in [4.78, 5) is 23.7. The molecule has 0 aromatic rings. The van der Waals surface area contributed by atoms with Gasteiger partial charge in [0.15, 0.2) is 0 Å². The first-order chi connectivity index (χ1) is 7.02. The Morgan fingerprint density at radius 1 is 1.27 bits per heavy atom. The molecular weight excluding hydrogens is 194 g/mol. The molecule has 0 aromatic heterocycles. The van der Waals surface area contributed by atoms with Gasteiger partial charge in [0, 0.05) is 13.1 Å². The molecule has 2 amide bonds. The Labute approximate surface area is 89.4 Å². The molecular formula is C10H17N3O2. The van der Waals surface area contributed by atoms with E-state index in [4.69, 9.17) is 11.5 Å². The minimum atomic E-state index is -0.887. The molecule has 0 fully saturated rings. The summed E-state index contributed by atoms with van der Waals surface area (Å²) in [5.74, 6) is -0.915. The predicted octanol–water partition coefficient (Wildman–Crippen LogP) is -0.610. The molecule has 0 aliphatic rings. The van der Waals surface area contributed by atoms with Crippen molar-refractivity contribution in [3.05, 3.63) is 25.3 Å². The maximum atomic E-state index is 11.7. The first kappa shape index (κ1) is 13.4. The zero-order chi connectivity index (χ0) is 11.8. The molecule has 0 radical (unpaired) electrons. The van der Waals surface area contributed by atoms with Gasteiger partial charge in [-0.05, 0) is 0 Å². The maximum absolute atomic E-state index is 11.7. The number of nitrogens with zero attached hydrogens (tertiary/aromatic N) is 1. The molecule has 0 heterocycles. The lowest BCUT2D eigenvalue weighted by molar-refractivity contribution is -0.133. The highest BCUT2D eigenvalue weighted by Gasteiger charge is 2.20. The molecule has 0 aliphatic carbocycles. The SMILES string of the molecule is C=CCN(CC=C)C(=O)C(N)CC(N)=O. The highest BCUT2D eigenvalue weighted by molar-refractivity contribution is 5.87. The molecule has 5 nitrogen and oxygen atoms in total. The van der Waals surface area contributed by atoms with E-state index in [2.05, 4.69) is 13.2 Å². The number of nitrogens with two attached hydrogens (primary N) is 2. The highest BCUT2D eigenvalue weighted by atomic mass is 16.2. The van der Waals surface area contributed by atoms with Crippen LogP contribution in [0.25, 0.3) is 0 Å². The van der Waals surface area contributed by atoms with Crippen LogP contribution >= 0.6 is 0 Å². The second-order valence-corrected chi connectivity index (χ2v) is 3.10. The van der Waals surface area contributed by atoms with Crippen molar-refractivity contribution in [1.82, 2.24) is 4.90 Å². The summed E-state index contributed by atoms with van der Waals surface area (Å²) in [6.45, 7) is 7.79. The fourth-order valence-corrected chi connectivity index (χ4v) is 1.10. The second kappa shape index (κ2) is 6.78.